The van der Waals surface area contributed by atoms with Crippen LogP contribution < -0.4 is 5.56 Å². The number of rotatable bonds is 1. The van der Waals surface area contributed by atoms with Crippen molar-refractivity contribution in [2.24, 2.45) is 0 Å². The third-order valence-electron chi connectivity index (χ3n) is 3.18. The smallest absolute Gasteiger partial charge is 0.277 e. The van der Waals surface area contributed by atoms with E-state index in [9.17, 15) is 4.79 Å². The van der Waals surface area contributed by atoms with Crippen LogP contribution in [0, 0.1) is 0 Å². The molecule has 2 heterocycles. The summed E-state index contributed by atoms with van der Waals surface area (Å²) in [5, 5.41) is 3.14. The van der Waals surface area contributed by atoms with Crippen molar-refractivity contribution in [3.8, 4) is 5.95 Å². The van der Waals surface area contributed by atoms with Crippen LogP contribution in [0.1, 0.15) is 30.5 Å². The van der Waals surface area contributed by atoms with Crippen LogP contribution in [0.15, 0.2) is 23.3 Å². The lowest BCUT2D eigenvalue weighted by Gasteiger charge is -1.98. The minimum Gasteiger partial charge on any atom is -0.292 e. The van der Waals surface area contributed by atoms with Crippen molar-refractivity contribution in [2.45, 2.75) is 32.1 Å². The molecule has 1 aliphatic rings. The number of hydrogen-bond acceptors (Lipinski definition) is 3. The van der Waals surface area contributed by atoms with Crippen molar-refractivity contribution in [1.82, 2.24) is 19.7 Å². The summed E-state index contributed by atoms with van der Waals surface area (Å²) >= 11 is 0. The molecule has 0 unspecified atom stereocenters. The van der Waals surface area contributed by atoms with Gasteiger partial charge >= 0.3 is 0 Å². The highest BCUT2D eigenvalue weighted by Crippen LogP contribution is 2.16. The molecule has 88 valence electrons. The number of aryl methyl sites for hydroxylation is 1. The second kappa shape index (κ2) is 4.16. The lowest BCUT2D eigenvalue weighted by atomic mass is 10.1. The number of hydrogen-bond donors (Lipinski definition) is 1. The molecule has 2 aromatic rings. The van der Waals surface area contributed by atoms with Crippen LogP contribution in [-0.2, 0) is 12.8 Å². The van der Waals surface area contributed by atoms with Crippen LogP contribution in [0.25, 0.3) is 5.95 Å². The highest BCUT2D eigenvalue weighted by atomic mass is 16.1. The van der Waals surface area contributed by atoms with Gasteiger partial charge in [-0.2, -0.15) is 4.68 Å². The van der Waals surface area contributed by atoms with E-state index in [-0.39, 0.29) is 5.56 Å². The summed E-state index contributed by atoms with van der Waals surface area (Å²) < 4.78 is 1.45. The van der Waals surface area contributed by atoms with Crippen molar-refractivity contribution < 1.29 is 0 Å². The Labute approximate surface area is 98.5 Å². The zero-order valence-corrected chi connectivity index (χ0v) is 9.52. The van der Waals surface area contributed by atoms with Crippen molar-refractivity contribution >= 4 is 0 Å². The van der Waals surface area contributed by atoms with Gasteiger partial charge in [0.1, 0.15) is 0 Å². The fraction of sp³-hybridized carbons (Fsp3) is 0.417. The predicted octanol–water partition coefficient (Wildman–Crippen LogP) is 1.22. The van der Waals surface area contributed by atoms with E-state index in [0.717, 1.165) is 36.9 Å². The van der Waals surface area contributed by atoms with E-state index in [1.165, 1.54) is 11.1 Å². The Morgan fingerprint density at radius 3 is 2.71 bits per heavy atom. The van der Waals surface area contributed by atoms with Gasteiger partial charge in [0.15, 0.2) is 0 Å². The fourth-order valence-corrected chi connectivity index (χ4v) is 2.31. The monoisotopic (exact) mass is 230 g/mol. The number of aromatic nitrogens is 4. The summed E-state index contributed by atoms with van der Waals surface area (Å²) in [6.45, 7) is 0. The molecule has 0 fully saturated rings. The van der Waals surface area contributed by atoms with Gasteiger partial charge in [-0.15, -0.1) is 0 Å². The molecule has 0 amide bonds. The normalized spacial score (nSPS) is 15.3. The molecule has 1 aliphatic carbocycles. The lowest BCUT2D eigenvalue weighted by Crippen LogP contribution is -2.19. The molecule has 5 nitrogen and oxygen atoms in total. The lowest BCUT2D eigenvalue weighted by molar-refractivity contribution is 0.682. The Balaban J connectivity index is 2.11. The minimum absolute atomic E-state index is 0.00750. The molecule has 0 atom stereocenters. The molecule has 1 N–H and O–H groups in total. The largest absolute Gasteiger partial charge is 0.292 e. The first kappa shape index (κ1) is 10.3. The van der Waals surface area contributed by atoms with E-state index in [2.05, 4.69) is 15.1 Å². The average Bonchev–Trinajstić information content (AvgIpc) is 2.56. The number of nitrogens with zero attached hydrogens (tertiary/aromatic N) is 3. The third kappa shape index (κ3) is 1.77. The SMILES string of the molecule is O=c1c2c([nH]n1-c1ncccn1)CCCCC2. The average molecular weight is 230 g/mol. The second-order valence-electron chi connectivity index (χ2n) is 4.32. The van der Waals surface area contributed by atoms with Gasteiger partial charge in [0.05, 0.1) is 0 Å². The van der Waals surface area contributed by atoms with Gasteiger partial charge in [-0.25, -0.2) is 9.97 Å². The Bertz CT molecular complexity index is 570. The minimum atomic E-state index is 0.00750. The molecule has 0 saturated heterocycles. The summed E-state index contributed by atoms with van der Waals surface area (Å²) in [6.07, 6.45) is 8.53. The van der Waals surface area contributed by atoms with Crippen LogP contribution in [0.4, 0.5) is 0 Å². The molecule has 0 spiro atoms. The Hall–Kier alpha value is -1.91. The molecule has 2 aromatic heterocycles. The van der Waals surface area contributed by atoms with E-state index in [4.69, 9.17) is 0 Å². The van der Waals surface area contributed by atoms with Gasteiger partial charge in [0.2, 0.25) is 0 Å². The first-order chi connectivity index (χ1) is 8.36. The summed E-state index contributed by atoms with van der Waals surface area (Å²) in [7, 11) is 0. The van der Waals surface area contributed by atoms with E-state index in [0.29, 0.717) is 5.95 Å². The van der Waals surface area contributed by atoms with Crippen molar-refractivity contribution in [1.29, 1.82) is 0 Å². The molecular weight excluding hydrogens is 216 g/mol. The van der Waals surface area contributed by atoms with Crippen LogP contribution in [0.5, 0.6) is 0 Å². The number of fused-ring (bicyclic) bond motifs is 1. The van der Waals surface area contributed by atoms with E-state index >= 15 is 0 Å². The Morgan fingerprint density at radius 2 is 1.88 bits per heavy atom. The van der Waals surface area contributed by atoms with Crippen LogP contribution in [0.3, 0.4) is 0 Å². The van der Waals surface area contributed by atoms with Crippen LogP contribution in [-0.4, -0.2) is 19.7 Å². The summed E-state index contributed by atoms with van der Waals surface area (Å²) in [5.41, 5.74) is 1.98. The third-order valence-corrected chi connectivity index (χ3v) is 3.18. The van der Waals surface area contributed by atoms with Crippen molar-refractivity contribution in [2.75, 3.05) is 0 Å². The van der Waals surface area contributed by atoms with Gasteiger partial charge in [0, 0.05) is 23.7 Å². The number of aromatic amines is 1. The maximum absolute atomic E-state index is 12.2. The zero-order chi connectivity index (χ0) is 11.7. The van der Waals surface area contributed by atoms with Gasteiger partial charge < -0.3 is 0 Å². The van der Waals surface area contributed by atoms with Crippen molar-refractivity contribution in [3.63, 3.8) is 0 Å². The highest BCUT2D eigenvalue weighted by Gasteiger charge is 2.17. The summed E-state index contributed by atoms with van der Waals surface area (Å²) in [6, 6.07) is 1.74. The maximum Gasteiger partial charge on any atom is 0.277 e. The van der Waals surface area contributed by atoms with Gasteiger partial charge in [-0.1, -0.05) is 6.42 Å². The van der Waals surface area contributed by atoms with E-state index < -0.39 is 0 Å². The molecular formula is C12H14N4O. The summed E-state index contributed by atoms with van der Waals surface area (Å²) in [5.74, 6) is 0.422. The van der Waals surface area contributed by atoms with Gasteiger partial charge in [-0.05, 0) is 31.7 Å². The van der Waals surface area contributed by atoms with Gasteiger partial charge in [-0.3, -0.25) is 9.89 Å². The fourth-order valence-electron chi connectivity index (χ4n) is 2.31. The summed E-state index contributed by atoms with van der Waals surface area (Å²) in [4.78, 5) is 20.4. The van der Waals surface area contributed by atoms with E-state index in [1.807, 2.05) is 0 Å². The number of nitrogens with one attached hydrogen (secondary N) is 1. The molecule has 0 radical (unpaired) electrons. The molecule has 0 aromatic carbocycles. The first-order valence-electron chi connectivity index (χ1n) is 5.96. The Morgan fingerprint density at radius 1 is 1.12 bits per heavy atom. The zero-order valence-electron chi connectivity index (χ0n) is 9.52. The standard InChI is InChI=1S/C12H14N4O/c17-11-9-5-2-1-3-6-10(9)15-16(11)12-13-7-4-8-14-12/h4,7-8,15H,1-3,5-6H2. The molecule has 17 heavy (non-hydrogen) atoms. The topological polar surface area (TPSA) is 63.6 Å². The first-order valence-corrected chi connectivity index (χ1v) is 5.96. The van der Waals surface area contributed by atoms with Crippen LogP contribution in [0.2, 0.25) is 0 Å². The van der Waals surface area contributed by atoms with Crippen LogP contribution >= 0.6 is 0 Å². The Kier molecular flexibility index (Phi) is 2.51. The molecule has 0 aliphatic heterocycles. The predicted molar refractivity (Wildman–Crippen MR) is 63.2 cm³/mol. The number of H-pyrrole nitrogens is 1. The molecule has 0 saturated carbocycles. The van der Waals surface area contributed by atoms with Gasteiger partial charge in [0.25, 0.3) is 11.5 Å². The molecule has 5 heteroatoms. The quantitative estimate of drug-likeness (QED) is 0.749. The molecule has 0 bridgehead atoms. The van der Waals surface area contributed by atoms with Crippen molar-refractivity contribution in [3.05, 3.63) is 40.1 Å². The van der Waals surface area contributed by atoms with E-state index in [1.54, 1.807) is 18.5 Å². The second-order valence-corrected chi connectivity index (χ2v) is 4.32. The highest BCUT2D eigenvalue weighted by molar-refractivity contribution is 5.23. The maximum atomic E-state index is 12.2. The molecule has 3 rings (SSSR count).